The molecule has 1 fully saturated rings. The fourth-order valence-electron chi connectivity index (χ4n) is 3.64. The van der Waals surface area contributed by atoms with Crippen molar-refractivity contribution in [1.29, 1.82) is 0 Å². The van der Waals surface area contributed by atoms with E-state index in [0.29, 0.717) is 36.2 Å². The average molecular weight is 429 g/mol. The molecule has 2 aromatic carbocycles. The SMILES string of the molecule is O=C(COc1cccc(F)c1)N1CCC[C@@H](c2ncc(Cc3cccc(Cl)c3)o2)C1. The van der Waals surface area contributed by atoms with Crippen LogP contribution < -0.4 is 4.74 Å². The second-order valence-corrected chi connectivity index (χ2v) is 7.83. The third kappa shape index (κ3) is 5.19. The summed E-state index contributed by atoms with van der Waals surface area (Å²) in [4.78, 5) is 18.8. The average Bonchev–Trinajstić information content (AvgIpc) is 3.21. The molecule has 30 heavy (non-hydrogen) atoms. The number of hydrogen-bond donors (Lipinski definition) is 0. The van der Waals surface area contributed by atoms with Crippen molar-refractivity contribution in [3.63, 3.8) is 0 Å². The molecule has 3 aromatic rings. The number of oxazole rings is 1. The van der Waals surface area contributed by atoms with Gasteiger partial charge in [-0.25, -0.2) is 9.37 Å². The van der Waals surface area contributed by atoms with Gasteiger partial charge in [0.15, 0.2) is 12.5 Å². The Morgan fingerprint density at radius 1 is 1.27 bits per heavy atom. The molecule has 2 heterocycles. The highest BCUT2D eigenvalue weighted by molar-refractivity contribution is 6.30. The summed E-state index contributed by atoms with van der Waals surface area (Å²) in [5.74, 6) is 1.28. The zero-order chi connectivity index (χ0) is 20.9. The molecule has 1 amide bonds. The maximum absolute atomic E-state index is 13.2. The molecule has 1 aromatic heterocycles. The van der Waals surface area contributed by atoms with E-state index >= 15 is 0 Å². The first kappa shape index (κ1) is 20.4. The summed E-state index contributed by atoms with van der Waals surface area (Å²) in [5, 5.41) is 0.689. The third-order valence-corrected chi connectivity index (χ3v) is 5.36. The Hall–Kier alpha value is -2.86. The van der Waals surface area contributed by atoms with Gasteiger partial charge in [-0.05, 0) is 42.7 Å². The third-order valence-electron chi connectivity index (χ3n) is 5.12. The predicted molar refractivity (Wildman–Crippen MR) is 111 cm³/mol. The predicted octanol–water partition coefficient (Wildman–Crippen LogP) is 4.84. The number of likely N-dealkylation sites (tertiary alicyclic amines) is 1. The first-order valence-corrected chi connectivity index (χ1v) is 10.3. The first-order valence-electron chi connectivity index (χ1n) is 9.92. The van der Waals surface area contributed by atoms with Crippen LogP contribution in [0.4, 0.5) is 4.39 Å². The van der Waals surface area contributed by atoms with Crippen LogP contribution in [0.5, 0.6) is 5.75 Å². The lowest BCUT2D eigenvalue weighted by atomic mass is 9.98. The van der Waals surface area contributed by atoms with E-state index in [1.165, 1.54) is 12.1 Å². The minimum Gasteiger partial charge on any atom is -0.484 e. The first-order chi connectivity index (χ1) is 14.6. The lowest BCUT2D eigenvalue weighted by molar-refractivity contribution is -0.134. The van der Waals surface area contributed by atoms with E-state index < -0.39 is 5.82 Å². The number of aromatic nitrogens is 1. The molecule has 0 radical (unpaired) electrons. The molecular weight excluding hydrogens is 407 g/mol. The molecule has 1 saturated heterocycles. The Morgan fingerprint density at radius 3 is 2.97 bits per heavy atom. The molecule has 0 spiro atoms. The van der Waals surface area contributed by atoms with Crippen LogP contribution in [0.1, 0.15) is 36.0 Å². The summed E-state index contributed by atoms with van der Waals surface area (Å²) in [6.07, 6.45) is 4.13. The van der Waals surface area contributed by atoms with E-state index in [2.05, 4.69) is 4.98 Å². The van der Waals surface area contributed by atoms with Crippen molar-refractivity contribution in [3.8, 4) is 5.75 Å². The highest BCUT2D eigenvalue weighted by Gasteiger charge is 2.28. The number of nitrogens with zero attached hydrogens (tertiary/aromatic N) is 2. The van der Waals surface area contributed by atoms with Crippen LogP contribution in [-0.2, 0) is 11.2 Å². The van der Waals surface area contributed by atoms with E-state index in [1.54, 1.807) is 23.2 Å². The minimum atomic E-state index is -0.393. The van der Waals surface area contributed by atoms with Gasteiger partial charge in [-0.1, -0.05) is 29.8 Å². The van der Waals surface area contributed by atoms with Gasteiger partial charge in [0.25, 0.3) is 5.91 Å². The number of benzene rings is 2. The summed E-state index contributed by atoms with van der Waals surface area (Å²) in [6.45, 7) is 1.07. The Bertz CT molecular complexity index is 1020. The highest BCUT2D eigenvalue weighted by atomic mass is 35.5. The van der Waals surface area contributed by atoms with Gasteiger partial charge in [-0.15, -0.1) is 0 Å². The van der Waals surface area contributed by atoms with E-state index in [4.69, 9.17) is 20.8 Å². The molecule has 0 unspecified atom stereocenters. The smallest absolute Gasteiger partial charge is 0.260 e. The van der Waals surface area contributed by atoms with Crippen molar-refractivity contribution < 1.29 is 18.3 Å². The summed E-state index contributed by atoms with van der Waals surface area (Å²) in [5.41, 5.74) is 1.06. The van der Waals surface area contributed by atoms with Crippen LogP contribution in [0.3, 0.4) is 0 Å². The minimum absolute atomic E-state index is 0.0463. The Morgan fingerprint density at radius 2 is 2.13 bits per heavy atom. The number of halogens is 2. The molecule has 0 bridgehead atoms. The van der Waals surface area contributed by atoms with Gasteiger partial charge in [0.1, 0.15) is 17.3 Å². The Balaban J connectivity index is 1.34. The van der Waals surface area contributed by atoms with Crippen molar-refractivity contribution in [3.05, 3.63) is 82.8 Å². The molecule has 0 saturated carbocycles. The number of carbonyl (C=O) groups excluding carboxylic acids is 1. The summed E-state index contributed by atoms with van der Waals surface area (Å²) >= 11 is 6.04. The number of amides is 1. The van der Waals surface area contributed by atoms with Crippen LogP contribution in [0.25, 0.3) is 0 Å². The monoisotopic (exact) mass is 428 g/mol. The molecular formula is C23H22ClFN2O3. The topological polar surface area (TPSA) is 55.6 Å². The van der Waals surface area contributed by atoms with Crippen molar-refractivity contribution >= 4 is 17.5 Å². The highest BCUT2D eigenvalue weighted by Crippen LogP contribution is 2.27. The van der Waals surface area contributed by atoms with Crippen molar-refractivity contribution in [1.82, 2.24) is 9.88 Å². The van der Waals surface area contributed by atoms with Crippen LogP contribution in [-0.4, -0.2) is 35.5 Å². The normalized spacial score (nSPS) is 16.5. The van der Waals surface area contributed by atoms with Gasteiger partial charge in [-0.3, -0.25) is 4.79 Å². The molecule has 1 atom stereocenters. The fraction of sp³-hybridized carbons (Fsp3) is 0.304. The second kappa shape index (κ2) is 9.30. The Labute approximate surface area is 179 Å². The number of piperidine rings is 1. The lowest BCUT2D eigenvalue weighted by Gasteiger charge is -2.31. The zero-order valence-electron chi connectivity index (χ0n) is 16.4. The van der Waals surface area contributed by atoms with Crippen LogP contribution >= 0.6 is 11.6 Å². The van der Waals surface area contributed by atoms with E-state index in [1.807, 2.05) is 24.3 Å². The number of carbonyl (C=O) groups is 1. The fourth-order valence-corrected chi connectivity index (χ4v) is 3.85. The number of ether oxygens (including phenoxy) is 1. The van der Waals surface area contributed by atoms with Gasteiger partial charge in [0, 0.05) is 30.6 Å². The zero-order valence-corrected chi connectivity index (χ0v) is 17.1. The van der Waals surface area contributed by atoms with Gasteiger partial charge < -0.3 is 14.1 Å². The Kier molecular flexibility index (Phi) is 6.33. The maximum Gasteiger partial charge on any atom is 0.260 e. The lowest BCUT2D eigenvalue weighted by Crippen LogP contribution is -2.41. The standard InChI is InChI=1S/C23H22ClFN2O3/c24-18-6-1-4-16(10-18)11-21-13-26-23(30-21)17-5-3-9-27(14-17)22(28)15-29-20-8-2-7-19(25)12-20/h1-2,4,6-8,10,12-13,17H,3,5,9,11,14-15H2/t17-/m1/s1. The molecule has 1 aliphatic rings. The number of rotatable bonds is 6. The van der Waals surface area contributed by atoms with Gasteiger partial charge in [-0.2, -0.15) is 0 Å². The summed E-state index contributed by atoms with van der Waals surface area (Å²) in [7, 11) is 0. The van der Waals surface area contributed by atoms with Crippen molar-refractivity contribution in [2.45, 2.75) is 25.2 Å². The number of hydrogen-bond acceptors (Lipinski definition) is 4. The van der Waals surface area contributed by atoms with E-state index in [9.17, 15) is 9.18 Å². The van der Waals surface area contributed by atoms with Crippen molar-refractivity contribution in [2.75, 3.05) is 19.7 Å². The largest absolute Gasteiger partial charge is 0.484 e. The van der Waals surface area contributed by atoms with Crippen molar-refractivity contribution in [2.24, 2.45) is 0 Å². The van der Waals surface area contributed by atoms with E-state index in [0.717, 1.165) is 24.2 Å². The van der Waals surface area contributed by atoms with Gasteiger partial charge in [0.2, 0.25) is 0 Å². The van der Waals surface area contributed by atoms with Gasteiger partial charge in [0.05, 0.1) is 12.1 Å². The van der Waals surface area contributed by atoms with Crippen LogP contribution in [0.15, 0.2) is 59.1 Å². The molecule has 1 aliphatic heterocycles. The quantitative estimate of drug-likeness (QED) is 0.563. The molecule has 156 valence electrons. The molecule has 0 aliphatic carbocycles. The second-order valence-electron chi connectivity index (χ2n) is 7.40. The molecule has 7 heteroatoms. The molecule has 0 N–H and O–H groups in total. The molecule has 4 rings (SSSR count). The van der Waals surface area contributed by atoms with Crippen LogP contribution in [0, 0.1) is 5.82 Å². The summed E-state index contributed by atoms with van der Waals surface area (Å²) < 4.78 is 24.7. The maximum atomic E-state index is 13.2. The van der Waals surface area contributed by atoms with Gasteiger partial charge >= 0.3 is 0 Å². The van der Waals surface area contributed by atoms with E-state index in [-0.39, 0.29) is 18.4 Å². The summed E-state index contributed by atoms with van der Waals surface area (Å²) in [6, 6.07) is 13.4. The molecule has 5 nitrogen and oxygen atoms in total. The van der Waals surface area contributed by atoms with Crippen LogP contribution in [0.2, 0.25) is 5.02 Å².